The minimum atomic E-state index is -0.340. The molecule has 2 aromatic rings. The van der Waals surface area contributed by atoms with Gasteiger partial charge >= 0.3 is 0 Å². The largest absolute Gasteiger partial charge is 0.393 e. The highest BCUT2D eigenvalue weighted by atomic mass is 16.3. The van der Waals surface area contributed by atoms with Gasteiger partial charge in [0.2, 0.25) is 11.9 Å². The molecule has 8 heteroatoms. The van der Waals surface area contributed by atoms with Crippen LogP contribution in [-0.4, -0.2) is 69.6 Å². The van der Waals surface area contributed by atoms with E-state index < -0.39 is 0 Å². The summed E-state index contributed by atoms with van der Waals surface area (Å²) in [5.41, 5.74) is 2.20. The molecule has 36 heavy (non-hydrogen) atoms. The Bertz CT molecular complexity index is 1110. The van der Waals surface area contributed by atoms with Crippen molar-refractivity contribution in [3.63, 3.8) is 0 Å². The fraction of sp³-hybridized carbons (Fsp3) is 0.571. The Balaban J connectivity index is 1.11. The lowest BCUT2D eigenvalue weighted by Crippen LogP contribution is -2.50. The molecule has 3 heterocycles. The molecule has 1 aromatic heterocycles. The molecule has 2 aliphatic heterocycles. The Labute approximate surface area is 212 Å². The number of nitrogens with one attached hydrogen (secondary N) is 1. The second kappa shape index (κ2) is 9.47. The number of hydrogen-bond donors (Lipinski definition) is 2. The smallest absolute Gasteiger partial charge is 0.251 e. The summed E-state index contributed by atoms with van der Waals surface area (Å²) in [6.07, 6.45) is 11.8. The fourth-order valence-electron chi connectivity index (χ4n) is 6.19. The number of carbonyl (C=O) groups excluding carboxylic acids is 2. The zero-order chi connectivity index (χ0) is 24.7. The molecule has 0 radical (unpaired) electrons. The number of benzene rings is 1. The van der Waals surface area contributed by atoms with Crippen molar-refractivity contribution in [1.82, 2.24) is 20.2 Å². The average molecular weight is 490 g/mol. The van der Waals surface area contributed by atoms with Crippen LogP contribution in [0.5, 0.6) is 0 Å². The molecule has 8 nitrogen and oxygen atoms in total. The number of carbonyl (C=O) groups is 2. The van der Waals surface area contributed by atoms with Crippen molar-refractivity contribution in [2.45, 2.75) is 76.0 Å². The Morgan fingerprint density at radius 3 is 2.36 bits per heavy atom. The van der Waals surface area contributed by atoms with Crippen LogP contribution in [0.25, 0.3) is 11.1 Å². The van der Waals surface area contributed by atoms with Crippen LogP contribution >= 0.6 is 0 Å². The van der Waals surface area contributed by atoms with Gasteiger partial charge in [-0.25, -0.2) is 9.97 Å². The summed E-state index contributed by atoms with van der Waals surface area (Å²) >= 11 is 0. The summed E-state index contributed by atoms with van der Waals surface area (Å²) in [5, 5.41) is 12.9. The molecule has 1 aromatic carbocycles. The first kappa shape index (κ1) is 23.4. The number of piperidine rings is 1. The molecule has 2 saturated carbocycles. The molecule has 6 rings (SSSR count). The molecule has 4 fully saturated rings. The van der Waals surface area contributed by atoms with E-state index in [0.29, 0.717) is 24.1 Å². The molecule has 2 amide bonds. The molecule has 2 N–H and O–H groups in total. The van der Waals surface area contributed by atoms with E-state index in [1.54, 1.807) is 0 Å². The van der Waals surface area contributed by atoms with E-state index in [9.17, 15) is 14.7 Å². The summed E-state index contributed by atoms with van der Waals surface area (Å²) in [6, 6.07) is 8.19. The first-order chi connectivity index (χ1) is 17.5. The molecule has 0 bridgehead atoms. The number of nitrogens with zero attached hydrogens (tertiary/aromatic N) is 4. The quantitative estimate of drug-likeness (QED) is 0.670. The Morgan fingerprint density at radius 2 is 1.67 bits per heavy atom. The van der Waals surface area contributed by atoms with Gasteiger partial charge in [-0.05, 0) is 75.5 Å². The van der Waals surface area contributed by atoms with Crippen molar-refractivity contribution >= 4 is 17.8 Å². The number of aromatic nitrogens is 2. The predicted molar refractivity (Wildman–Crippen MR) is 136 cm³/mol. The molecule has 4 aliphatic rings. The van der Waals surface area contributed by atoms with Crippen LogP contribution in [-0.2, 0) is 4.79 Å². The van der Waals surface area contributed by atoms with Crippen molar-refractivity contribution in [1.29, 1.82) is 0 Å². The monoisotopic (exact) mass is 489 g/mol. The average Bonchev–Trinajstić information content (AvgIpc) is 3.68. The van der Waals surface area contributed by atoms with Crippen molar-refractivity contribution in [3.8, 4) is 11.1 Å². The number of amides is 2. The number of anilines is 1. The lowest BCUT2D eigenvalue weighted by Gasteiger charge is -2.40. The number of rotatable bonds is 5. The second-order valence-electron chi connectivity index (χ2n) is 11.1. The van der Waals surface area contributed by atoms with Gasteiger partial charge in [0.1, 0.15) is 0 Å². The molecule has 0 unspecified atom stereocenters. The van der Waals surface area contributed by atoms with Gasteiger partial charge < -0.3 is 20.2 Å². The second-order valence-corrected chi connectivity index (χ2v) is 11.1. The summed E-state index contributed by atoms with van der Waals surface area (Å²) in [5.74, 6) is 0.942. The maximum absolute atomic E-state index is 13.6. The van der Waals surface area contributed by atoms with Crippen LogP contribution in [0, 0.1) is 5.41 Å². The van der Waals surface area contributed by atoms with E-state index in [0.717, 1.165) is 82.0 Å². The molecule has 1 spiro atoms. The Kier molecular flexibility index (Phi) is 6.15. The molecule has 190 valence electrons. The summed E-state index contributed by atoms with van der Waals surface area (Å²) in [6.45, 7) is 2.35. The molecular formula is C28H35N5O3. The third kappa shape index (κ3) is 4.59. The van der Waals surface area contributed by atoms with Crippen LogP contribution in [0.15, 0.2) is 36.7 Å². The van der Waals surface area contributed by atoms with Gasteiger partial charge in [0.05, 0.1) is 11.5 Å². The Hall–Kier alpha value is -3.00. The zero-order valence-corrected chi connectivity index (χ0v) is 20.7. The van der Waals surface area contributed by atoms with Gasteiger partial charge in [-0.2, -0.15) is 0 Å². The third-order valence-corrected chi connectivity index (χ3v) is 8.54. The number of aliphatic hydroxyl groups excluding tert-OH is 1. The van der Waals surface area contributed by atoms with Crippen molar-refractivity contribution < 1.29 is 14.7 Å². The van der Waals surface area contributed by atoms with Crippen LogP contribution in [0.2, 0.25) is 0 Å². The maximum Gasteiger partial charge on any atom is 0.251 e. The first-order valence-corrected chi connectivity index (χ1v) is 13.5. The molecule has 1 atom stereocenters. The van der Waals surface area contributed by atoms with Crippen LogP contribution in [0.4, 0.5) is 5.95 Å². The van der Waals surface area contributed by atoms with Crippen LogP contribution in [0.3, 0.4) is 0 Å². The highest BCUT2D eigenvalue weighted by Gasteiger charge is 2.51. The van der Waals surface area contributed by atoms with E-state index in [2.05, 4.69) is 25.1 Å². The van der Waals surface area contributed by atoms with E-state index in [1.165, 1.54) is 0 Å². The first-order valence-electron chi connectivity index (χ1n) is 13.5. The van der Waals surface area contributed by atoms with E-state index in [4.69, 9.17) is 0 Å². The lowest BCUT2D eigenvalue weighted by molar-refractivity contribution is -0.139. The van der Waals surface area contributed by atoms with E-state index in [-0.39, 0.29) is 29.4 Å². The zero-order valence-electron chi connectivity index (χ0n) is 20.7. The van der Waals surface area contributed by atoms with Crippen molar-refractivity contribution in [3.05, 3.63) is 42.2 Å². The third-order valence-electron chi connectivity index (χ3n) is 8.54. The molecule has 2 saturated heterocycles. The van der Waals surface area contributed by atoms with Gasteiger partial charge in [-0.15, -0.1) is 0 Å². The predicted octanol–water partition coefficient (Wildman–Crippen LogP) is 3.16. The number of likely N-dealkylation sites (tertiary alicyclic amines) is 1. The van der Waals surface area contributed by atoms with Gasteiger partial charge in [0.25, 0.3) is 5.91 Å². The fourth-order valence-corrected chi connectivity index (χ4v) is 6.19. The summed E-state index contributed by atoms with van der Waals surface area (Å²) in [7, 11) is 0. The number of aliphatic hydroxyl groups is 1. The van der Waals surface area contributed by atoms with Crippen LogP contribution < -0.4 is 10.2 Å². The lowest BCUT2D eigenvalue weighted by atomic mass is 9.78. The van der Waals surface area contributed by atoms with Gasteiger partial charge in [-0.1, -0.05) is 12.1 Å². The summed E-state index contributed by atoms with van der Waals surface area (Å²) < 4.78 is 0. The number of hydrogen-bond acceptors (Lipinski definition) is 6. The highest BCUT2D eigenvalue weighted by molar-refractivity contribution is 5.95. The van der Waals surface area contributed by atoms with Gasteiger partial charge in [-0.3, -0.25) is 9.59 Å². The van der Waals surface area contributed by atoms with E-state index in [1.807, 2.05) is 36.7 Å². The SMILES string of the molecule is O=C(NC1CC1)c1ccc(-c2cnc(N3CCC[C@@]4(CCN(C5CCC(O)CC5)C4=O)C3)nc2)cc1. The standard InChI is InChI=1S/C28H35N5O3/c34-24-10-8-23(9-11-24)33-15-13-28(26(33)36)12-1-14-32(18-28)27-29-16-21(17-30-27)19-2-4-20(5-3-19)25(35)31-22-6-7-22/h2-5,16-17,22-24,34H,1,6-15,18H2,(H,31,35)/t23?,24?,28-/m1/s1. The van der Waals surface area contributed by atoms with Crippen molar-refractivity contribution in [2.24, 2.45) is 5.41 Å². The van der Waals surface area contributed by atoms with Gasteiger partial charge in [0.15, 0.2) is 0 Å². The molecule has 2 aliphatic carbocycles. The van der Waals surface area contributed by atoms with Gasteiger partial charge in [0, 0.05) is 55.2 Å². The molecular weight excluding hydrogens is 454 g/mol. The summed E-state index contributed by atoms with van der Waals surface area (Å²) in [4.78, 5) is 39.4. The Morgan fingerprint density at radius 1 is 0.944 bits per heavy atom. The highest BCUT2D eigenvalue weighted by Crippen LogP contribution is 2.43. The van der Waals surface area contributed by atoms with Crippen LogP contribution in [0.1, 0.15) is 68.1 Å². The minimum Gasteiger partial charge on any atom is -0.393 e. The normalized spacial score (nSPS) is 28.5. The van der Waals surface area contributed by atoms with E-state index >= 15 is 0 Å². The topological polar surface area (TPSA) is 98.7 Å². The minimum absolute atomic E-state index is 0.0178. The van der Waals surface area contributed by atoms with Crippen molar-refractivity contribution in [2.75, 3.05) is 24.5 Å². The maximum atomic E-state index is 13.6.